The molecule has 1 aromatic carbocycles. The minimum Gasteiger partial charge on any atom is -0.396 e. The molecule has 3 heteroatoms. The average Bonchev–Trinajstić information content (AvgIpc) is 3.01. The zero-order valence-electron chi connectivity index (χ0n) is 12.9. The Morgan fingerprint density at radius 3 is 2.81 bits per heavy atom. The number of hydrogen-bond acceptors (Lipinski definition) is 3. The second-order valence-electron chi connectivity index (χ2n) is 6.54. The van der Waals surface area contributed by atoms with Gasteiger partial charge < -0.3 is 10.4 Å². The Morgan fingerprint density at radius 1 is 1.14 bits per heavy atom. The van der Waals surface area contributed by atoms with E-state index in [9.17, 15) is 0 Å². The van der Waals surface area contributed by atoms with E-state index in [0.29, 0.717) is 12.6 Å². The van der Waals surface area contributed by atoms with Crippen molar-refractivity contribution < 1.29 is 5.11 Å². The molecule has 3 unspecified atom stereocenters. The maximum atomic E-state index is 8.94. The van der Waals surface area contributed by atoms with E-state index in [1.54, 1.807) is 0 Å². The predicted molar refractivity (Wildman–Crippen MR) is 86.1 cm³/mol. The summed E-state index contributed by atoms with van der Waals surface area (Å²) in [6, 6.07) is 12.3. The smallest absolute Gasteiger partial charge is 0.0443 e. The molecule has 1 saturated heterocycles. The van der Waals surface area contributed by atoms with Gasteiger partial charge in [-0.2, -0.15) is 0 Å². The highest BCUT2D eigenvalue weighted by molar-refractivity contribution is 5.15. The third kappa shape index (κ3) is 3.65. The normalized spacial score (nSPS) is 29.5. The maximum absolute atomic E-state index is 8.94. The van der Waals surface area contributed by atoms with Crippen LogP contribution >= 0.6 is 0 Å². The first kappa shape index (κ1) is 15.0. The molecule has 3 rings (SSSR count). The van der Waals surface area contributed by atoms with Crippen LogP contribution in [0, 0.1) is 5.92 Å². The van der Waals surface area contributed by atoms with E-state index in [0.717, 1.165) is 31.5 Å². The van der Waals surface area contributed by atoms with Crippen molar-refractivity contribution in [3.05, 3.63) is 35.9 Å². The topological polar surface area (TPSA) is 35.5 Å². The molecular formula is C18H28N2O. The van der Waals surface area contributed by atoms with E-state index in [1.807, 2.05) is 0 Å². The van der Waals surface area contributed by atoms with Crippen LogP contribution in [0.5, 0.6) is 0 Å². The number of fused-ring (bicyclic) bond motifs is 1. The summed E-state index contributed by atoms with van der Waals surface area (Å²) in [7, 11) is 0. The Hall–Kier alpha value is -0.900. The molecule has 0 radical (unpaired) electrons. The van der Waals surface area contributed by atoms with Crippen LogP contribution in [0.25, 0.3) is 0 Å². The van der Waals surface area contributed by atoms with E-state index < -0.39 is 0 Å². The Morgan fingerprint density at radius 2 is 2.00 bits per heavy atom. The first-order valence-corrected chi connectivity index (χ1v) is 8.50. The highest BCUT2D eigenvalue weighted by Crippen LogP contribution is 2.37. The van der Waals surface area contributed by atoms with Gasteiger partial charge in [-0.05, 0) is 43.7 Å². The van der Waals surface area contributed by atoms with Gasteiger partial charge in [0.2, 0.25) is 0 Å². The molecule has 1 saturated carbocycles. The van der Waals surface area contributed by atoms with Crippen molar-refractivity contribution in [2.24, 2.45) is 5.92 Å². The quantitative estimate of drug-likeness (QED) is 0.789. The van der Waals surface area contributed by atoms with Crippen molar-refractivity contribution in [1.82, 2.24) is 10.2 Å². The number of rotatable bonds is 6. The number of hydrogen-bond donors (Lipinski definition) is 2. The third-order valence-electron chi connectivity index (χ3n) is 5.21. The van der Waals surface area contributed by atoms with Crippen LogP contribution in [0.15, 0.2) is 30.3 Å². The summed E-state index contributed by atoms with van der Waals surface area (Å²) in [6.45, 7) is 3.56. The fraction of sp³-hybridized carbons (Fsp3) is 0.667. The average molecular weight is 288 g/mol. The van der Waals surface area contributed by atoms with Gasteiger partial charge in [0.05, 0.1) is 0 Å². The van der Waals surface area contributed by atoms with Gasteiger partial charge in [-0.1, -0.05) is 36.8 Å². The summed E-state index contributed by atoms with van der Waals surface area (Å²) in [5.74, 6) is 0.807. The lowest BCUT2D eigenvalue weighted by molar-refractivity contribution is 0.0775. The highest BCUT2D eigenvalue weighted by atomic mass is 16.3. The lowest BCUT2D eigenvalue weighted by Gasteiger charge is -2.43. The first-order valence-electron chi connectivity index (χ1n) is 8.50. The fourth-order valence-corrected chi connectivity index (χ4v) is 4.21. The molecule has 0 spiro atoms. The number of aliphatic hydroxyl groups excluding tert-OH is 1. The minimum absolute atomic E-state index is 0.300. The second-order valence-corrected chi connectivity index (χ2v) is 6.54. The molecule has 2 N–H and O–H groups in total. The third-order valence-corrected chi connectivity index (χ3v) is 5.21. The van der Waals surface area contributed by atoms with E-state index in [4.69, 9.17) is 5.11 Å². The molecule has 1 aromatic rings. The first-order chi connectivity index (χ1) is 10.4. The SMILES string of the molecule is OCCCNC1CCN(Cc2ccccc2)C2CCCC12. The summed E-state index contributed by atoms with van der Waals surface area (Å²) in [4.78, 5) is 2.71. The molecule has 3 nitrogen and oxygen atoms in total. The van der Waals surface area contributed by atoms with Gasteiger partial charge in [-0.15, -0.1) is 0 Å². The highest BCUT2D eigenvalue weighted by Gasteiger charge is 2.40. The monoisotopic (exact) mass is 288 g/mol. The second kappa shape index (κ2) is 7.39. The minimum atomic E-state index is 0.300. The molecule has 116 valence electrons. The molecule has 21 heavy (non-hydrogen) atoms. The fourth-order valence-electron chi connectivity index (χ4n) is 4.21. The summed E-state index contributed by atoms with van der Waals surface area (Å²) < 4.78 is 0. The van der Waals surface area contributed by atoms with Crippen LogP contribution in [0.1, 0.15) is 37.7 Å². The van der Waals surface area contributed by atoms with Crippen LogP contribution < -0.4 is 5.32 Å². The number of piperidine rings is 1. The van der Waals surface area contributed by atoms with Gasteiger partial charge in [0.1, 0.15) is 0 Å². The molecule has 1 heterocycles. The molecule has 0 amide bonds. The van der Waals surface area contributed by atoms with E-state index in [-0.39, 0.29) is 0 Å². The Kier molecular flexibility index (Phi) is 5.28. The van der Waals surface area contributed by atoms with Gasteiger partial charge in [0.25, 0.3) is 0 Å². The zero-order valence-corrected chi connectivity index (χ0v) is 12.9. The number of aliphatic hydroxyl groups is 1. The van der Waals surface area contributed by atoms with Crippen molar-refractivity contribution in [2.75, 3.05) is 19.7 Å². The molecule has 2 aliphatic rings. The standard InChI is InChI=1S/C18H28N2O/c21-13-5-11-19-17-10-12-20(18-9-4-8-16(17)18)14-15-6-2-1-3-7-15/h1-3,6-7,16-19,21H,4-5,8-14H2. The number of benzene rings is 1. The predicted octanol–water partition coefficient (Wildman–Crippen LogP) is 2.40. The van der Waals surface area contributed by atoms with E-state index in [2.05, 4.69) is 40.5 Å². The largest absolute Gasteiger partial charge is 0.396 e. The number of nitrogens with one attached hydrogen (secondary N) is 1. The van der Waals surface area contributed by atoms with Crippen LogP contribution in [0.4, 0.5) is 0 Å². The lowest BCUT2D eigenvalue weighted by Crippen LogP contribution is -2.53. The lowest BCUT2D eigenvalue weighted by atomic mass is 9.86. The van der Waals surface area contributed by atoms with Gasteiger partial charge in [-0.25, -0.2) is 0 Å². The molecule has 1 aliphatic heterocycles. The van der Waals surface area contributed by atoms with Gasteiger partial charge in [-0.3, -0.25) is 4.90 Å². The van der Waals surface area contributed by atoms with Gasteiger partial charge >= 0.3 is 0 Å². The summed E-state index contributed by atoms with van der Waals surface area (Å²) >= 11 is 0. The van der Waals surface area contributed by atoms with Gasteiger partial charge in [0.15, 0.2) is 0 Å². The molecule has 1 aliphatic carbocycles. The molecule has 3 atom stereocenters. The molecule has 0 bridgehead atoms. The Labute approximate surface area is 128 Å². The van der Waals surface area contributed by atoms with Crippen molar-refractivity contribution in [3.8, 4) is 0 Å². The Balaban J connectivity index is 1.59. The van der Waals surface area contributed by atoms with Gasteiger partial charge in [0, 0.05) is 31.8 Å². The van der Waals surface area contributed by atoms with Crippen LogP contribution in [-0.2, 0) is 6.54 Å². The number of nitrogens with zero attached hydrogens (tertiary/aromatic N) is 1. The molecular weight excluding hydrogens is 260 g/mol. The van der Waals surface area contributed by atoms with Crippen molar-refractivity contribution >= 4 is 0 Å². The van der Waals surface area contributed by atoms with Crippen LogP contribution in [0.2, 0.25) is 0 Å². The van der Waals surface area contributed by atoms with Crippen molar-refractivity contribution in [3.63, 3.8) is 0 Å². The molecule has 2 fully saturated rings. The summed E-state index contributed by atoms with van der Waals surface area (Å²) in [6.07, 6.45) is 6.22. The zero-order chi connectivity index (χ0) is 14.5. The maximum Gasteiger partial charge on any atom is 0.0443 e. The summed E-state index contributed by atoms with van der Waals surface area (Å²) in [5, 5.41) is 12.6. The van der Waals surface area contributed by atoms with Crippen LogP contribution in [0.3, 0.4) is 0 Å². The Bertz CT molecular complexity index is 422. The van der Waals surface area contributed by atoms with Crippen molar-refractivity contribution in [2.45, 2.75) is 50.7 Å². The van der Waals surface area contributed by atoms with Crippen molar-refractivity contribution in [1.29, 1.82) is 0 Å². The summed E-state index contributed by atoms with van der Waals surface area (Å²) in [5.41, 5.74) is 1.44. The number of likely N-dealkylation sites (tertiary alicyclic amines) is 1. The van der Waals surface area contributed by atoms with E-state index in [1.165, 1.54) is 37.8 Å². The van der Waals surface area contributed by atoms with Crippen LogP contribution in [-0.4, -0.2) is 41.8 Å². The van der Waals surface area contributed by atoms with E-state index >= 15 is 0 Å². The molecule has 0 aromatic heterocycles.